The fourth-order valence-electron chi connectivity index (χ4n) is 0.609. The molecule has 0 saturated heterocycles. The van der Waals surface area contributed by atoms with E-state index >= 15 is 0 Å². The van der Waals surface area contributed by atoms with E-state index in [2.05, 4.69) is 0 Å². The predicted molar refractivity (Wildman–Crippen MR) is 41.3 cm³/mol. The van der Waals surface area contributed by atoms with Crippen LogP contribution in [0.4, 0.5) is 0 Å². The van der Waals surface area contributed by atoms with E-state index in [1.54, 1.807) is 12.4 Å². The van der Waals surface area contributed by atoms with Gasteiger partial charge in [-0.1, -0.05) is 6.07 Å². The van der Waals surface area contributed by atoms with Crippen LogP contribution in [0.25, 0.3) is 0 Å². The molecule has 0 spiro atoms. The number of aromatic nitrogens is 1. The molecule has 3 heteroatoms. The van der Waals surface area contributed by atoms with Gasteiger partial charge in [-0.25, -0.2) is 4.79 Å². The Hall–Kier alpha value is -0.890. The number of hydrogen-bond acceptors (Lipinski definition) is 1. The Morgan fingerprint density at radius 3 is 2.10 bits per heavy atom. The first-order valence-corrected chi connectivity index (χ1v) is 2.78. The van der Waals surface area contributed by atoms with Crippen molar-refractivity contribution < 1.29 is 10.8 Å². The highest BCUT2D eigenvalue weighted by atomic mass is 35.5. The highest BCUT2D eigenvalue weighted by molar-refractivity contribution is 5.85. The molecule has 0 unspecified atom stereocenters. The molecule has 2 nitrogen and oxygen atoms in total. The van der Waals surface area contributed by atoms with E-state index < -0.39 is 0 Å². The van der Waals surface area contributed by atoms with Crippen molar-refractivity contribution in [3.63, 3.8) is 0 Å². The minimum atomic E-state index is 0. The number of carbonyl (C=O) groups is 1. The van der Waals surface area contributed by atoms with Gasteiger partial charge in [0.25, 0.3) is 0 Å². The number of hydrogen-bond donors (Lipinski definition) is 0. The van der Waals surface area contributed by atoms with E-state index in [0.717, 1.165) is 0 Å². The average molecular weight is 160 g/mol. The van der Waals surface area contributed by atoms with Gasteiger partial charge in [0.05, 0.1) is 6.92 Å². The third kappa shape index (κ3) is 2.15. The van der Waals surface area contributed by atoms with Crippen LogP contribution >= 0.6 is 12.4 Å². The summed E-state index contributed by atoms with van der Waals surface area (Å²) in [4.78, 5) is 10.6. The normalized spacial score (nSPS) is 8.10. The standard InChI is InChI=1S/C7H8NO.ClH/c1-7(9)8-5-3-2-4-6-8;/h2-6H,1H3;1H/q+1;/p+1. The highest BCUT2D eigenvalue weighted by Crippen LogP contribution is 1.75. The van der Waals surface area contributed by atoms with Crippen LogP contribution in [-0.4, -0.2) is 5.91 Å². The molecule has 1 rings (SSSR count). The van der Waals surface area contributed by atoms with E-state index in [9.17, 15) is 4.79 Å². The van der Waals surface area contributed by atoms with Crippen molar-refractivity contribution in [1.29, 1.82) is 0 Å². The number of pyridine rings is 1. The summed E-state index contributed by atoms with van der Waals surface area (Å²) in [5.74, 6) is 0.0376. The van der Waals surface area contributed by atoms with Crippen LogP contribution in [0.2, 0.25) is 0 Å². The maximum atomic E-state index is 10.6. The second kappa shape index (κ2) is 4.01. The van der Waals surface area contributed by atoms with Crippen molar-refractivity contribution in [3.8, 4) is 0 Å². The second-order valence-electron chi connectivity index (χ2n) is 1.80. The fourth-order valence-corrected chi connectivity index (χ4v) is 0.609. The molecule has 10 heavy (non-hydrogen) atoms. The smallest absolute Gasteiger partial charge is 0.220 e. The van der Waals surface area contributed by atoms with Crippen LogP contribution < -0.4 is 4.57 Å². The van der Waals surface area contributed by atoms with Crippen LogP contribution in [0, 0.1) is 0 Å². The number of nitrogens with zero attached hydrogens (tertiary/aromatic N) is 1. The molecule has 0 radical (unpaired) electrons. The second-order valence-corrected chi connectivity index (χ2v) is 1.80. The maximum Gasteiger partial charge on any atom is 1.00 e. The quantitative estimate of drug-likeness (QED) is 0.521. The molecular formula is C7H10ClNO+2. The Morgan fingerprint density at radius 2 is 1.80 bits per heavy atom. The largest absolute Gasteiger partial charge is 1.00 e. The van der Waals surface area contributed by atoms with Crippen molar-refractivity contribution in [2.75, 3.05) is 0 Å². The maximum absolute atomic E-state index is 10.6. The summed E-state index contributed by atoms with van der Waals surface area (Å²) in [6.45, 7) is 1.53. The van der Waals surface area contributed by atoms with E-state index in [4.69, 9.17) is 0 Å². The van der Waals surface area contributed by atoms with Crippen molar-refractivity contribution >= 4 is 18.3 Å². The number of rotatable bonds is 0. The van der Waals surface area contributed by atoms with Crippen molar-refractivity contribution in [1.82, 2.24) is 0 Å². The molecule has 0 fully saturated rings. The molecule has 1 aromatic heterocycles. The van der Waals surface area contributed by atoms with Crippen LogP contribution in [0.3, 0.4) is 0 Å². The molecule has 0 aliphatic heterocycles. The first-order chi connectivity index (χ1) is 4.30. The van der Waals surface area contributed by atoms with Crippen LogP contribution in [0.1, 0.15) is 13.1 Å². The molecule has 54 valence electrons. The summed E-state index contributed by atoms with van der Waals surface area (Å²) < 4.78 is 1.53. The van der Waals surface area contributed by atoms with E-state index in [1.165, 1.54) is 11.5 Å². The van der Waals surface area contributed by atoms with Crippen LogP contribution in [0.5, 0.6) is 0 Å². The lowest BCUT2D eigenvalue weighted by Gasteiger charge is -1.83. The SMILES string of the molecule is CC(=O)[n+]1ccccc1.Cl.[H+]. The lowest BCUT2D eigenvalue weighted by atomic mass is 10.5. The van der Waals surface area contributed by atoms with E-state index in [-0.39, 0.29) is 19.7 Å². The van der Waals surface area contributed by atoms with Gasteiger partial charge in [-0.2, -0.15) is 0 Å². The van der Waals surface area contributed by atoms with Gasteiger partial charge in [0.15, 0.2) is 12.4 Å². The van der Waals surface area contributed by atoms with Crippen LogP contribution in [0.15, 0.2) is 30.6 Å². The summed E-state index contributed by atoms with van der Waals surface area (Å²) in [6, 6.07) is 5.52. The van der Waals surface area contributed by atoms with Crippen molar-refractivity contribution in [2.24, 2.45) is 0 Å². The Labute approximate surface area is 67.4 Å². The summed E-state index contributed by atoms with van der Waals surface area (Å²) >= 11 is 0. The van der Waals surface area contributed by atoms with E-state index in [0.29, 0.717) is 0 Å². The fraction of sp³-hybridized carbons (Fsp3) is 0.143. The molecule has 1 aromatic rings. The van der Waals surface area contributed by atoms with E-state index in [1.807, 2.05) is 18.2 Å². The van der Waals surface area contributed by atoms with Crippen molar-refractivity contribution in [3.05, 3.63) is 30.6 Å². The topological polar surface area (TPSA) is 20.9 Å². The molecule has 0 aliphatic carbocycles. The molecule has 0 N–H and O–H groups in total. The Balaban J connectivity index is 0. The first-order valence-electron chi connectivity index (χ1n) is 2.78. The van der Waals surface area contributed by atoms with Crippen LogP contribution in [-0.2, 0) is 0 Å². The molecule has 0 aliphatic rings. The highest BCUT2D eigenvalue weighted by Gasteiger charge is 2.01. The lowest BCUT2D eigenvalue weighted by Crippen LogP contribution is -2.38. The molecule has 1 heterocycles. The van der Waals surface area contributed by atoms with Gasteiger partial charge in [-0.05, 0) is 0 Å². The zero-order chi connectivity index (χ0) is 6.69. The zero-order valence-electron chi connectivity index (χ0n) is 6.65. The summed E-state index contributed by atoms with van der Waals surface area (Å²) in [6.07, 6.45) is 3.45. The minimum Gasteiger partial charge on any atom is -0.220 e. The molecule has 0 saturated carbocycles. The molecule has 0 bridgehead atoms. The van der Waals surface area contributed by atoms with Gasteiger partial charge in [0.2, 0.25) is 0 Å². The number of halogens is 1. The summed E-state index contributed by atoms with van der Waals surface area (Å²) in [5.41, 5.74) is 0. The zero-order valence-corrected chi connectivity index (χ0v) is 6.47. The molecule has 0 aromatic carbocycles. The molecule has 0 atom stereocenters. The number of carbonyl (C=O) groups excluding carboxylic acids is 1. The minimum absolute atomic E-state index is 0. The van der Waals surface area contributed by atoms with Gasteiger partial charge >= 0.3 is 7.33 Å². The van der Waals surface area contributed by atoms with Gasteiger partial charge in [-0.15, -0.1) is 17.0 Å². The Morgan fingerprint density at radius 1 is 1.30 bits per heavy atom. The average Bonchev–Trinajstić information content (AvgIpc) is 1.90. The Kier molecular flexibility index (Phi) is 3.65. The van der Waals surface area contributed by atoms with Gasteiger partial charge in [0, 0.05) is 12.1 Å². The molecule has 0 amide bonds. The lowest BCUT2D eigenvalue weighted by molar-refractivity contribution is -0.572. The van der Waals surface area contributed by atoms with Gasteiger partial charge in [0.1, 0.15) is 0 Å². The third-order valence-electron chi connectivity index (χ3n) is 1.08. The third-order valence-corrected chi connectivity index (χ3v) is 1.08. The predicted octanol–water partition coefficient (Wildman–Crippen LogP) is 1.17. The summed E-state index contributed by atoms with van der Waals surface area (Å²) in [7, 11) is 0. The van der Waals surface area contributed by atoms with Gasteiger partial charge in [-0.3, -0.25) is 0 Å². The van der Waals surface area contributed by atoms with Crippen molar-refractivity contribution in [2.45, 2.75) is 6.92 Å². The Bertz CT molecular complexity index is 215. The summed E-state index contributed by atoms with van der Waals surface area (Å²) in [5, 5.41) is 0. The first kappa shape index (κ1) is 9.11. The molecular weight excluding hydrogens is 150 g/mol. The monoisotopic (exact) mass is 159 g/mol. The van der Waals surface area contributed by atoms with Gasteiger partial charge < -0.3 is 0 Å².